The minimum atomic E-state index is 0.0273. The van der Waals surface area contributed by atoms with Crippen molar-refractivity contribution in [1.29, 1.82) is 0 Å². The first-order valence-corrected chi connectivity index (χ1v) is 7.63. The number of aromatic nitrogens is 2. The third kappa shape index (κ3) is 2.41. The molecule has 2 unspecified atom stereocenters. The van der Waals surface area contributed by atoms with Crippen molar-refractivity contribution in [2.45, 2.75) is 26.5 Å². The fourth-order valence-corrected chi connectivity index (χ4v) is 2.78. The Morgan fingerprint density at radius 1 is 1.35 bits per heavy atom. The van der Waals surface area contributed by atoms with E-state index < -0.39 is 0 Å². The maximum Gasteiger partial charge on any atom is 0.178 e. The summed E-state index contributed by atoms with van der Waals surface area (Å²) >= 11 is 1.60. The molecular weight excluding hydrogens is 270 g/mol. The Hall–Kier alpha value is -1.88. The van der Waals surface area contributed by atoms with Crippen molar-refractivity contribution < 1.29 is 4.74 Å². The summed E-state index contributed by atoms with van der Waals surface area (Å²) in [6.07, 6.45) is 8.62. The van der Waals surface area contributed by atoms with Gasteiger partial charge in [-0.15, -0.1) is 11.3 Å². The van der Waals surface area contributed by atoms with Crippen LogP contribution in [0.15, 0.2) is 42.4 Å². The van der Waals surface area contributed by atoms with Crippen LogP contribution < -0.4 is 4.90 Å². The summed E-state index contributed by atoms with van der Waals surface area (Å²) in [6, 6.07) is 4.01. The van der Waals surface area contributed by atoms with Gasteiger partial charge in [0.2, 0.25) is 0 Å². The second kappa shape index (κ2) is 5.63. The molecule has 2 aromatic heterocycles. The SMILES string of the molecule is CCC(C)C1OC(c2cncs2)=CN1c1ccncc1. The molecule has 3 rings (SSSR count). The second-order valence-electron chi connectivity index (χ2n) is 4.87. The second-order valence-corrected chi connectivity index (χ2v) is 5.75. The summed E-state index contributed by atoms with van der Waals surface area (Å²) in [4.78, 5) is 11.5. The third-order valence-electron chi connectivity index (χ3n) is 3.54. The van der Waals surface area contributed by atoms with Gasteiger partial charge in [0.05, 0.1) is 16.6 Å². The first-order chi connectivity index (χ1) is 9.79. The largest absolute Gasteiger partial charge is 0.467 e. The standard InChI is InChI=1S/C15H17N3OS/c1-3-11(2)15-18(12-4-6-16-7-5-12)9-13(19-15)14-8-17-10-20-14/h4-11,15H,3H2,1-2H3. The summed E-state index contributed by atoms with van der Waals surface area (Å²) in [5.74, 6) is 1.33. The lowest BCUT2D eigenvalue weighted by molar-refractivity contribution is 0.133. The number of pyridine rings is 1. The minimum absolute atomic E-state index is 0.0273. The average Bonchev–Trinajstić information content (AvgIpc) is 3.16. The quantitative estimate of drug-likeness (QED) is 0.858. The van der Waals surface area contributed by atoms with Crippen LogP contribution in [0.1, 0.15) is 25.1 Å². The molecule has 3 heterocycles. The predicted octanol–water partition coefficient (Wildman–Crippen LogP) is 3.75. The Balaban J connectivity index is 1.94. The Kier molecular flexibility index (Phi) is 3.69. The molecule has 0 spiro atoms. The van der Waals surface area contributed by atoms with Gasteiger partial charge in [0.15, 0.2) is 12.0 Å². The van der Waals surface area contributed by atoms with Crippen LogP contribution in [-0.4, -0.2) is 16.2 Å². The molecule has 0 radical (unpaired) electrons. The number of rotatable bonds is 4. The van der Waals surface area contributed by atoms with Crippen LogP contribution in [0, 0.1) is 5.92 Å². The molecule has 0 saturated heterocycles. The van der Waals surface area contributed by atoms with E-state index in [1.165, 1.54) is 0 Å². The summed E-state index contributed by atoms with van der Waals surface area (Å²) in [6.45, 7) is 4.39. The molecule has 104 valence electrons. The zero-order chi connectivity index (χ0) is 13.9. The van der Waals surface area contributed by atoms with E-state index in [0.717, 1.165) is 22.7 Å². The molecule has 20 heavy (non-hydrogen) atoms. The van der Waals surface area contributed by atoms with Crippen molar-refractivity contribution in [3.05, 3.63) is 47.3 Å². The van der Waals surface area contributed by atoms with Crippen LogP contribution in [0.2, 0.25) is 0 Å². The van der Waals surface area contributed by atoms with E-state index >= 15 is 0 Å². The fourth-order valence-electron chi connectivity index (χ4n) is 2.21. The highest BCUT2D eigenvalue weighted by Gasteiger charge is 2.32. The molecule has 0 amide bonds. The smallest absolute Gasteiger partial charge is 0.178 e. The highest BCUT2D eigenvalue weighted by molar-refractivity contribution is 7.10. The monoisotopic (exact) mass is 287 g/mol. The Bertz CT molecular complexity index is 582. The van der Waals surface area contributed by atoms with Crippen LogP contribution in [-0.2, 0) is 4.74 Å². The highest BCUT2D eigenvalue weighted by Crippen LogP contribution is 2.35. The van der Waals surface area contributed by atoms with E-state index in [0.29, 0.717) is 5.92 Å². The first kappa shape index (κ1) is 13.1. The molecule has 2 atom stereocenters. The molecule has 2 aromatic rings. The van der Waals surface area contributed by atoms with E-state index in [4.69, 9.17) is 4.74 Å². The van der Waals surface area contributed by atoms with E-state index in [2.05, 4.69) is 34.9 Å². The maximum absolute atomic E-state index is 6.16. The van der Waals surface area contributed by atoms with Gasteiger partial charge in [0.25, 0.3) is 0 Å². The molecule has 0 fully saturated rings. The summed E-state index contributed by atoms with van der Waals surface area (Å²) in [7, 11) is 0. The molecule has 5 heteroatoms. The molecule has 0 aliphatic carbocycles. The van der Waals surface area contributed by atoms with Gasteiger partial charge in [-0.3, -0.25) is 9.97 Å². The summed E-state index contributed by atoms with van der Waals surface area (Å²) in [5.41, 5.74) is 2.93. The number of anilines is 1. The number of hydrogen-bond acceptors (Lipinski definition) is 5. The van der Waals surface area contributed by atoms with E-state index in [9.17, 15) is 0 Å². The minimum Gasteiger partial charge on any atom is -0.467 e. The molecule has 0 aromatic carbocycles. The molecule has 0 bridgehead atoms. The van der Waals surface area contributed by atoms with Crippen molar-refractivity contribution in [1.82, 2.24) is 9.97 Å². The molecule has 1 aliphatic heterocycles. The van der Waals surface area contributed by atoms with Gasteiger partial charge in [-0.1, -0.05) is 13.8 Å². The molecule has 0 saturated carbocycles. The predicted molar refractivity (Wildman–Crippen MR) is 81.1 cm³/mol. The van der Waals surface area contributed by atoms with Crippen molar-refractivity contribution in [3.8, 4) is 0 Å². The van der Waals surface area contributed by atoms with E-state index in [-0.39, 0.29) is 6.23 Å². The highest BCUT2D eigenvalue weighted by atomic mass is 32.1. The number of hydrogen-bond donors (Lipinski definition) is 0. The van der Waals surface area contributed by atoms with Crippen LogP contribution in [0.5, 0.6) is 0 Å². The summed E-state index contributed by atoms with van der Waals surface area (Å²) < 4.78 is 6.16. The summed E-state index contributed by atoms with van der Waals surface area (Å²) in [5, 5.41) is 0. The van der Waals surface area contributed by atoms with Crippen molar-refractivity contribution in [2.75, 3.05) is 4.90 Å². The fraction of sp³-hybridized carbons (Fsp3) is 0.333. The van der Waals surface area contributed by atoms with Gasteiger partial charge in [0.1, 0.15) is 0 Å². The molecule has 0 N–H and O–H groups in total. The number of thiazole rings is 1. The van der Waals surface area contributed by atoms with Crippen molar-refractivity contribution >= 4 is 22.8 Å². The Labute approximate surface area is 122 Å². The van der Waals surface area contributed by atoms with Gasteiger partial charge < -0.3 is 9.64 Å². The Morgan fingerprint density at radius 3 is 2.80 bits per heavy atom. The first-order valence-electron chi connectivity index (χ1n) is 6.75. The van der Waals surface area contributed by atoms with Crippen LogP contribution in [0.3, 0.4) is 0 Å². The lowest BCUT2D eigenvalue weighted by Gasteiger charge is -2.28. The van der Waals surface area contributed by atoms with E-state index in [1.54, 1.807) is 11.3 Å². The zero-order valence-corrected chi connectivity index (χ0v) is 12.4. The normalized spacial score (nSPS) is 19.6. The third-order valence-corrected chi connectivity index (χ3v) is 4.33. The van der Waals surface area contributed by atoms with Gasteiger partial charge in [-0.05, 0) is 18.6 Å². The topological polar surface area (TPSA) is 38.2 Å². The van der Waals surface area contributed by atoms with E-state index in [1.807, 2.05) is 36.2 Å². The maximum atomic E-state index is 6.16. The van der Waals surface area contributed by atoms with Crippen molar-refractivity contribution in [3.63, 3.8) is 0 Å². The lowest BCUT2D eigenvalue weighted by atomic mass is 10.1. The van der Waals surface area contributed by atoms with Crippen LogP contribution in [0.4, 0.5) is 5.69 Å². The molecule has 1 aliphatic rings. The van der Waals surface area contributed by atoms with Crippen LogP contribution >= 0.6 is 11.3 Å². The van der Waals surface area contributed by atoms with Crippen molar-refractivity contribution in [2.24, 2.45) is 5.92 Å². The Morgan fingerprint density at radius 2 is 2.15 bits per heavy atom. The average molecular weight is 287 g/mol. The van der Waals surface area contributed by atoms with Gasteiger partial charge in [-0.2, -0.15) is 0 Å². The molecular formula is C15H17N3OS. The van der Waals surface area contributed by atoms with Gasteiger partial charge >= 0.3 is 0 Å². The van der Waals surface area contributed by atoms with Gasteiger partial charge in [0, 0.05) is 30.2 Å². The zero-order valence-electron chi connectivity index (χ0n) is 11.6. The molecule has 4 nitrogen and oxygen atoms in total. The number of ether oxygens (including phenoxy) is 1. The van der Waals surface area contributed by atoms with Gasteiger partial charge in [-0.25, -0.2) is 0 Å². The lowest BCUT2D eigenvalue weighted by Crippen LogP contribution is -2.33. The van der Waals surface area contributed by atoms with Crippen LogP contribution in [0.25, 0.3) is 5.76 Å². The number of nitrogens with zero attached hydrogens (tertiary/aromatic N) is 3.